The molecule has 0 spiro atoms. The molecule has 0 aliphatic heterocycles. The number of nitrogens with two attached hydrogens (primary N) is 1. The van der Waals surface area contributed by atoms with E-state index in [4.69, 9.17) is 10.5 Å². The van der Waals surface area contributed by atoms with Crippen LogP contribution in [-0.2, 0) is 6.54 Å². The molecule has 2 N–H and O–H groups in total. The van der Waals surface area contributed by atoms with Gasteiger partial charge in [-0.25, -0.2) is 0 Å². The summed E-state index contributed by atoms with van der Waals surface area (Å²) in [6.45, 7) is 4.59. The number of hydrogen-bond donors (Lipinski definition) is 1. The molecule has 0 saturated carbocycles. The van der Waals surface area contributed by atoms with Gasteiger partial charge in [-0.2, -0.15) is 0 Å². The van der Waals surface area contributed by atoms with Crippen molar-refractivity contribution < 1.29 is 4.74 Å². The Morgan fingerprint density at radius 1 is 1.17 bits per heavy atom. The molecule has 0 unspecified atom stereocenters. The number of rotatable bonds is 2. The molecule has 68 valence electrons. The normalized spacial score (nSPS) is 8.33. The Morgan fingerprint density at radius 3 is 2.00 bits per heavy atom. The van der Waals surface area contributed by atoms with Crippen molar-refractivity contribution in [2.24, 2.45) is 5.73 Å². The van der Waals surface area contributed by atoms with Gasteiger partial charge in [-0.1, -0.05) is 26.0 Å². The quantitative estimate of drug-likeness (QED) is 0.732. The highest BCUT2D eigenvalue weighted by molar-refractivity contribution is 5.26. The molecule has 0 saturated heterocycles. The number of hydrogen-bond acceptors (Lipinski definition) is 2. The molecule has 12 heavy (non-hydrogen) atoms. The van der Waals surface area contributed by atoms with Gasteiger partial charge in [-0.05, 0) is 17.7 Å². The topological polar surface area (TPSA) is 35.2 Å². The maximum atomic E-state index is 5.40. The Labute approximate surface area is 74.4 Å². The van der Waals surface area contributed by atoms with Crippen LogP contribution in [0.2, 0.25) is 0 Å². The van der Waals surface area contributed by atoms with Gasteiger partial charge in [0, 0.05) is 6.54 Å². The standard InChI is InChI=1S/C8H11NO.C2H6/c1-10-8-4-2-7(6-9)3-5-8;1-2/h2-5H,6,9H2,1H3;1-2H3. The minimum atomic E-state index is 0.587. The zero-order chi connectivity index (χ0) is 9.40. The van der Waals surface area contributed by atoms with Gasteiger partial charge in [0.15, 0.2) is 0 Å². The number of ether oxygens (including phenoxy) is 1. The molecule has 1 aromatic rings. The first-order valence-electron chi connectivity index (χ1n) is 4.20. The van der Waals surface area contributed by atoms with Crippen LogP contribution in [0.25, 0.3) is 0 Å². The molecule has 0 fully saturated rings. The minimum Gasteiger partial charge on any atom is -0.497 e. The highest BCUT2D eigenvalue weighted by Gasteiger charge is 1.89. The van der Waals surface area contributed by atoms with Crippen LogP contribution in [0.4, 0.5) is 0 Å². The Hall–Kier alpha value is -1.02. The molecule has 0 aromatic heterocycles. The van der Waals surface area contributed by atoms with E-state index in [1.165, 1.54) is 0 Å². The average Bonchev–Trinajstić information content (AvgIpc) is 2.21. The highest BCUT2D eigenvalue weighted by Crippen LogP contribution is 2.09. The molecule has 1 aromatic carbocycles. The van der Waals surface area contributed by atoms with Gasteiger partial charge < -0.3 is 10.5 Å². The second-order valence-corrected chi connectivity index (χ2v) is 2.05. The maximum Gasteiger partial charge on any atom is 0.118 e. The van der Waals surface area contributed by atoms with E-state index in [0.717, 1.165) is 11.3 Å². The van der Waals surface area contributed by atoms with Gasteiger partial charge in [-0.3, -0.25) is 0 Å². The van der Waals surface area contributed by atoms with Crippen LogP contribution >= 0.6 is 0 Å². The summed E-state index contributed by atoms with van der Waals surface area (Å²) < 4.78 is 4.97. The van der Waals surface area contributed by atoms with E-state index in [2.05, 4.69) is 0 Å². The Bertz CT molecular complexity index is 170. The van der Waals surface area contributed by atoms with Gasteiger partial charge in [0.25, 0.3) is 0 Å². The number of benzene rings is 1. The van der Waals surface area contributed by atoms with Crippen molar-refractivity contribution in [3.63, 3.8) is 0 Å². The summed E-state index contributed by atoms with van der Waals surface area (Å²) in [5, 5.41) is 0. The summed E-state index contributed by atoms with van der Waals surface area (Å²) in [4.78, 5) is 0. The minimum absolute atomic E-state index is 0.587. The van der Waals surface area contributed by atoms with Crippen LogP contribution in [0.5, 0.6) is 5.75 Å². The van der Waals surface area contributed by atoms with Crippen molar-refractivity contribution in [2.75, 3.05) is 7.11 Å². The smallest absolute Gasteiger partial charge is 0.118 e. The Morgan fingerprint density at radius 2 is 1.67 bits per heavy atom. The van der Waals surface area contributed by atoms with E-state index in [1.807, 2.05) is 38.1 Å². The van der Waals surface area contributed by atoms with E-state index < -0.39 is 0 Å². The molecule has 0 atom stereocenters. The van der Waals surface area contributed by atoms with E-state index in [1.54, 1.807) is 7.11 Å². The predicted molar refractivity (Wildman–Crippen MR) is 52.2 cm³/mol. The van der Waals surface area contributed by atoms with Crippen molar-refractivity contribution in [2.45, 2.75) is 20.4 Å². The molecule has 0 radical (unpaired) electrons. The molecular weight excluding hydrogens is 150 g/mol. The van der Waals surface area contributed by atoms with Crippen molar-refractivity contribution >= 4 is 0 Å². The summed E-state index contributed by atoms with van der Waals surface area (Å²) in [5.41, 5.74) is 6.53. The first kappa shape index (κ1) is 11.0. The van der Waals surface area contributed by atoms with Crippen molar-refractivity contribution in [3.05, 3.63) is 29.8 Å². The molecule has 2 nitrogen and oxygen atoms in total. The summed E-state index contributed by atoms with van der Waals surface area (Å²) in [7, 11) is 1.65. The van der Waals surface area contributed by atoms with Crippen molar-refractivity contribution in [1.82, 2.24) is 0 Å². The molecule has 2 heteroatoms. The van der Waals surface area contributed by atoms with E-state index in [-0.39, 0.29) is 0 Å². The van der Waals surface area contributed by atoms with Crippen LogP contribution in [0.3, 0.4) is 0 Å². The third kappa shape index (κ3) is 3.39. The number of methoxy groups -OCH3 is 1. The molecule has 1 rings (SSSR count). The lowest BCUT2D eigenvalue weighted by Crippen LogP contribution is -1.95. The average molecular weight is 167 g/mol. The van der Waals surface area contributed by atoms with Crippen LogP contribution in [0, 0.1) is 0 Å². The fourth-order valence-corrected chi connectivity index (χ4v) is 0.762. The molecule has 0 heterocycles. The van der Waals surface area contributed by atoms with Gasteiger partial charge >= 0.3 is 0 Å². The monoisotopic (exact) mass is 167 g/mol. The SMILES string of the molecule is CC.COc1ccc(CN)cc1. The van der Waals surface area contributed by atoms with Crippen LogP contribution in [0.1, 0.15) is 19.4 Å². The van der Waals surface area contributed by atoms with Gasteiger partial charge in [0.05, 0.1) is 7.11 Å². The van der Waals surface area contributed by atoms with E-state index >= 15 is 0 Å². The Kier molecular flexibility index (Phi) is 6.11. The maximum absolute atomic E-state index is 5.40. The lowest BCUT2D eigenvalue weighted by atomic mass is 10.2. The third-order valence-electron chi connectivity index (χ3n) is 1.39. The third-order valence-corrected chi connectivity index (χ3v) is 1.39. The summed E-state index contributed by atoms with van der Waals surface area (Å²) in [6.07, 6.45) is 0. The van der Waals surface area contributed by atoms with Crippen molar-refractivity contribution in [3.8, 4) is 5.75 Å². The predicted octanol–water partition coefficient (Wildman–Crippen LogP) is 2.18. The van der Waals surface area contributed by atoms with Crippen LogP contribution < -0.4 is 10.5 Å². The zero-order valence-electron chi connectivity index (χ0n) is 8.00. The second kappa shape index (κ2) is 6.68. The fraction of sp³-hybridized carbons (Fsp3) is 0.400. The summed E-state index contributed by atoms with van der Waals surface area (Å²) >= 11 is 0. The summed E-state index contributed by atoms with van der Waals surface area (Å²) in [6, 6.07) is 7.72. The van der Waals surface area contributed by atoms with Gasteiger partial charge in [-0.15, -0.1) is 0 Å². The largest absolute Gasteiger partial charge is 0.497 e. The van der Waals surface area contributed by atoms with Gasteiger partial charge in [0.2, 0.25) is 0 Å². The second-order valence-electron chi connectivity index (χ2n) is 2.05. The van der Waals surface area contributed by atoms with Gasteiger partial charge in [0.1, 0.15) is 5.75 Å². The lowest BCUT2D eigenvalue weighted by Gasteiger charge is -1.99. The van der Waals surface area contributed by atoms with Crippen molar-refractivity contribution in [1.29, 1.82) is 0 Å². The molecule has 0 aliphatic carbocycles. The molecular formula is C10H17NO. The lowest BCUT2D eigenvalue weighted by molar-refractivity contribution is 0.414. The van der Waals surface area contributed by atoms with E-state index in [9.17, 15) is 0 Å². The summed E-state index contributed by atoms with van der Waals surface area (Å²) in [5.74, 6) is 0.872. The highest BCUT2D eigenvalue weighted by atomic mass is 16.5. The first-order chi connectivity index (χ1) is 5.86. The Balaban J connectivity index is 0.000000561. The molecule has 0 aliphatic rings. The van der Waals surface area contributed by atoms with Crippen LogP contribution in [-0.4, -0.2) is 7.11 Å². The fourth-order valence-electron chi connectivity index (χ4n) is 0.762. The molecule has 0 amide bonds. The van der Waals surface area contributed by atoms with E-state index in [0.29, 0.717) is 6.54 Å². The van der Waals surface area contributed by atoms with Crippen LogP contribution in [0.15, 0.2) is 24.3 Å². The zero-order valence-corrected chi connectivity index (χ0v) is 8.00. The first-order valence-corrected chi connectivity index (χ1v) is 4.20. The molecule has 0 bridgehead atoms.